The lowest BCUT2D eigenvalue weighted by molar-refractivity contribution is -0.126. The molecule has 3 heterocycles. The zero-order valence-electron chi connectivity index (χ0n) is 14.4. The maximum Gasteiger partial charge on any atom is 0.261 e. The van der Waals surface area contributed by atoms with Gasteiger partial charge in [0.25, 0.3) is 11.5 Å². The van der Waals surface area contributed by atoms with Gasteiger partial charge in [-0.1, -0.05) is 0 Å². The maximum absolute atomic E-state index is 12.7. The second-order valence-corrected chi connectivity index (χ2v) is 9.88. The number of carbonyl (C=O) groups is 2. The Morgan fingerprint density at radius 3 is 2.50 bits per heavy atom. The summed E-state index contributed by atoms with van der Waals surface area (Å²) in [5, 5.41) is 2.51. The number of rotatable bonds is 3. The number of amides is 2. The number of nitrogens with one attached hydrogen (secondary N) is 2. The molecular formula is C17H21N3O5S. The third kappa shape index (κ3) is 2.40. The number of nitrogens with zero attached hydrogens (tertiary/aromatic N) is 1. The van der Waals surface area contributed by atoms with Gasteiger partial charge >= 0.3 is 0 Å². The van der Waals surface area contributed by atoms with Crippen molar-refractivity contribution in [2.45, 2.75) is 29.9 Å². The molecule has 1 aliphatic carbocycles. The van der Waals surface area contributed by atoms with Crippen molar-refractivity contribution in [1.29, 1.82) is 0 Å². The van der Waals surface area contributed by atoms with E-state index in [4.69, 9.17) is 0 Å². The van der Waals surface area contributed by atoms with Crippen LogP contribution in [0, 0.1) is 5.92 Å². The number of carbonyl (C=O) groups excluding carboxylic acids is 2. The minimum atomic E-state index is -3.46. The van der Waals surface area contributed by atoms with Crippen LogP contribution in [0.4, 0.5) is 0 Å². The second kappa shape index (κ2) is 5.67. The first-order valence-corrected chi connectivity index (χ1v) is 10.4. The van der Waals surface area contributed by atoms with E-state index < -0.39 is 32.0 Å². The largest absolute Gasteiger partial charge is 0.359 e. The monoisotopic (exact) mass is 379 g/mol. The van der Waals surface area contributed by atoms with Crippen LogP contribution in [0.25, 0.3) is 0 Å². The number of sulfone groups is 1. The normalized spacial score (nSPS) is 25.7. The number of aromatic amines is 1. The summed E-state index contributed by atoms with van der Waals surface area (Å²) in [7, 11) is -1.99. The average Bonchev–Trinajstić information content (AvgIpc) is 3.36. The van der Waals surface area contributed by atoms with E-state index in [1.807, 2.05) is 0 Å². The molecule has 1 unspecified atom stereocenters. The fourth-order valence-electron chi connectivity index (χ4n) is 4.12. The Morgan fingerprint density at radius 1 is 1.23 bits per heavy atom. The second-order valence-electron chi connectivity index (χ2n) is 7.43. The quantitative estimate of drug-likeness (QED) is 0.743. The molecule has 9 heteroatoms. The van der Waals surface area contributed by atoms with Crippen molar-refractivity contribution >= 4 is 21.7 Å². The highest BCUT2D eigenvalue weighted by molar-refractivity contribution is 7.93. The maximum atomic E-state index is 12.7. The fraction of sp³-hybridized carbons (Fsp3) is 0.588. The Labute approximate surface area is 150 Å². The van der Waals surface area contributed by atoms with Gasteiger partial charge in [-0.15, -0.1) is 0 Å². The summed E-state index contributed by atoms with van der Waals surface area (Å²) in [5.74, 6) is -1.14. The number of likely N-dealkylation sites (tertiary alicyclic amines) is 1. The first kappa shape index (κ1) is 17.3. The molecule has 3 fully saturated rings. The van der Waals surface area contributed by atoms with E-state index in [9.17, 15) is 22.8 Å². The van der Waals surface area contributed by atoms with E-state index in [1.165, 1.54) is 18.0 Å². The molecule has 1 aromatic rings. The lowest BCUT2D eigenvalue weighted by atomic mass is 9.82. The van der Waals surface area contributed by atoms with E-state index in [-0.39, 0.29) is 36.7 Å². The molecule has 1 atom stereocenters. The third-order valence-corrected chi connectivity index (χ3v) is 8.43. The highest BCUT2D eigenvalue weighted by Gasteiger charge is 2.64. The molecule has 26 heavy (non-hydrogen) atoms. The van der Waals surface area contributed by atoms with Crippen molar-refractivity contribution in [2.24, 2.45) is 5.92 Å². The summed E-state index contributed by atoms with van der Waals surface area (Å²) >= 11 is 0. The van der Waals surface area contributed by atoms with Crippen LogP contribution in [0.3, 0.4) is 0 Å². The number of hydrogen-bond acceptors (Lipinski definition) is 5. The summed E-state index contributed by atoms with van der Waals surface area (Å²) in [6.07, 6.45) is 2.34. The number of hydrogen-bond donors (Lipinski definition) is 2. The van der Waals surface area contributed by atoms with Gasteiger partial charge in [0.1, 0.15) is 10.3 Å². The van der Waals surface area contributed by atoms with Gasteiger partial charge in [-0.3, -0.25) is 14.4 Å². The first-order valence-electron chi connectivity index (χ1n) is 8.75. The van der Waals surface area contributed by atoms with Crippen molar-refractivity contribution in [2.75, 3.05) is 25.9 Å². The van der Waals surface area contributed by atoms with Crippen LogP contribution in [0.1, 0.15) is 41.2 Å². The molecule has 3 aliphatic rings. The van der Waals surface area contributed by atoms with Crippen molar-refractivity contribution in [3.8, 4) is 0 Å². The number of H-pyrrole nitrogens is 1. The molecule has 2 aliphatic heterocycles. The molecule has 2 amide bonds. The third-order valence-electron chi connectivity index (χ3n) is 5.88. The van der Waals surface area contributed by atoms with Crippen LogP contribution >= 0.6 is 0 Å². The topological polar surface area (TPSA) is 116 Å². The van der Waals surface area contributed by atoms with Crippen molar-refractivity contribution in [3.63, 3.8) is 0 Å². The van der Waals surface area contributed by atoms with Crippen LogP contribution in [0.5, 0.6) is 0 Å². The highest BCUT2D eigenvalue weighted by atomic mass is 32.2. The molecule has 4 rings (SSSR count). The molecule has 0 aromatic carbocycles. The lowest BCUT2D eigenvalue weighted by Gasteiger charge is -2.49. The molecule has 140 valence electrons. The van der Waals surface area contributed by atoms with Crippen LogP contribution in [-0.4, -0.2) is 60.8 Å². The Bertz CT molecular complexity index is 941. The Hall–Kier alpha value is -2.16. The van der Waals surface area contributed by atoms with E-state index in [1.54, 1.807) is 6.07 Å². The molecule has 1 spiro atoms. The van der Waals surface area contributed by atoms with Gasteiger partial charge in [-0.25, -0.2) is 8.42 Å². The van der Waals surface area contributed by atoms with Gasteiger partial charge in [0.05, 0.1) is 11.7 Å². The van der Waals surface area contributed by atoms with Crippen LogP contribution in [0.2, 0.25) is 0 Å². The molecule has 1 aromatic heterocycles. The Balaban J connectivity index is 1.56. The van der Waals surface area contributed by atoms with Crippen molar-refractivity contribution < 1.29 is 18.0 Å². The van der Waals surface area contributed by atoms with E-state index in [0.717, 1.165) is 18.5 Å². The Kier molecular flexibility index (Phi) is 3.76. The lowest BCUT2D eigenvalue weighted by Crippen LogP contribution is -2.70. The average molecular weight is 379 g/mol. The van der Waals surface area contributed by atoms with Gasteiger partial charge in [0.15, 0.2) is 9.84 Å². The predicted molar refractivity (Wildman–Crippen MR) is 93.6 cm³/mol. The minimum absolute atomic E-state index is 0.0103. The minimum Gasteiger partial charge on any atom is -0.359 e. The zero-order valence-corrected chi connectivity index (χ0v) is 15.3. The van der Waals surface area contributed by atoms with Gasteiger partial charge in [-0.2, -0.15) is 0 Å². The zero-order chi connectivity index (χ0) is 18.7. The van der Waals surface area contributed by atoms with Crippen molar-refractivity contribution in [3.05, 3.63) is 33.7 Å². The molecule has 0 radical (unpaired) electrons. The van der Waals surface area contributed by atoms with Gasteiger partial charge < -0.3 is 15.2 Å². The van der Waals surface area contributed by atoms with Gasteiger partial charge in [-0.05, 0) is 37.3 Å². The summed E-state index contributed by atoms with van der Waals surface area (Å²) in [6.45, 7) is -0.0911. The van der Waals surface area contributed by atoms with Crippen LogP contribution < -0.4 is 10.9 Å². The number of pyridine rings is 1. The molecular weight excluding hydrogens is 358 g/mol. The predicted octanol–water partition coefficient (Wildman–Crippen LogP) is -0.372. The van der Waals surface area contributed by atoms with Crippen LogP contribution in [-0.2, 0) is 14.6 Å². The van der Waals surface area contributed by atoms with E-state index in [0.29, 0.717) is 5.92 Å². The molecule has 0 bridgehead atoms. The highest BCUT2D eigenvalue weighted by Crippen LogP contribution is 2.45. The summed E-state index contributed by atoms with van der Waals surface area (Å²) in [5.41, 5.74) is 0.401. The van der Waals surface area contributed by atoms with E-state index >= 15 is 0 Å². The van der Waals surface area contributed by atoms with Crippen molar-refractivity contribution in [1.82, 2.24) is 15.2 Å². The summed E-state index contributed by atoms with van der Waals surface area (Å²) < 4.78 is 23.8. The molecule has 8 nitrogen and oxygen atoms in total. The fourth-order valence-corrected chi connectivity index (χ4v) is 6.44. The summed E-state index contributed by atoms with van der Waals surface area (Å²) in [6, 6.07) is 3.26. The first-order chi connectivity index (χ1) is 12.3. The van der Waals surface area contributed by atoms with E-state index in [2.05, 4.69) is 10.3 Å². The van der Waals surface area contributed by atoms with Crippen LogP contribution in [0.15, 0.2) is 16.9 Å². The standard InChI is InChI=1S/C17H21N3O5S/c1-18-15(22)12-6-7-26(24,25)17(12)8-20(9-17)16(23)11-4-5-13(10-2-3-10)19-14(11)21/h4-5,10,12H,2-3,6-9H2,1H3,(H,18,22)(H,19,21). The summed E-state index contributed by atoms with van der Waals surface area (Å²) in [4.78, 5) is 41.1. The molecule has 2 N–H and O–H groups in total. The smallest absolute Gasteiger partial charge is 0.261 e. The Morgan fingerprint density at radius 2 is 1.92 bits per heavy atom. The van der Waals surface area contributed by atoms with Gasteiger partial charge in [0, 0.05) is 25.8 Å². The SMILES string of the molecule is CNC(=O)C1CCS(=O)(=O)C12CN(C(=O)c1ccc(C3CC3)[nH]c1=O)C2. The molecule has 2 saturated heterocycles. The van der Waals surface area contributed by atoms with Gasteiger partial charge in [0.2, 0.25) is 5.91 Å². The molecule has 1 saturated carbocycles. The number of aromatic nitrogens is 1.